The van der Waals surface area contributed by atoms with Gasteiger partial charge in [0.2, 0.25) is 5.13 Å². The molecule has 0 atom stereocenters. The average molecular weight is 303 g/mol. The van der Waals surface area contributed by atoms with Crippen molar-refractivity contribution in [1.29, 1.82) is 0 Å². The maximum Gasteiger partial charge on any atom is 0.202 e. The van der Waals surface area contributed by atoms with E-state index in [9.17, 15) is 8.78 Å². The minimum atomic E-state index is -0.496. The Morgan fingerprint density at radius 2 is 1.76 bits per heavy atom. The number of benzene rings is 2. The van der Waals surface area contributed by atoms with Crippen LogP contribution < -0.4 is 10.9 Å². The summed E-state index contributed by atoms with van der Waals surface area (Å²) in [4.78, 5) is 4.24. The molecular formula is C15H11F2N3S. The Morgan fingerprint density at radius 3 is 2.57 bits per heavy atom. The Kier molecular flexibility index (Phi) is 3.79. The number of rotatable bonds is 4. The lowest BCUT2D eigenvalue weighted by atomic mass is 10.1. The van der Waals surface area contributed by atoms with Gasteiger partial charge in [0.25, 0.3) is 0 Å². The highest BCUT2D eigenvalue weighted by molar-refractivity contribution is 7.14. The van der Waals surface area contributed by atoms with Crippen LogP contribution in [0.1, 0.15) is 0 Å². The fourth-order valence-corrected chi connectivity index (χ4v) is 2.46. The molecule has 106 valence electrons. The highest BCUT2D eigenvalue weighted by Crippen LogP contribution is 2.27. The Labute approximate surface area is 124 Å². The summed E-state index contributed by atoms with van der Waals surface area (Å²) >= 11 is 1.30. The molecule has 0 fully saturated rings. The molecule has 0 amide bonds. The van der Waals surface area contributed by atoms with Crippen LogP contribution in [0.15, 0.2) is 53.9 Å². The molecule has 3 nitrogen and oxygen atoms in total. The molecule has 0 saturated heterocycles. The van der Waals surface area contributed by atoms with E-state index in [1.807, 2.05) is 30.3 Å². The summed E-state index contributed by atoms with van der Waals surface area (Å²) in [6.07, 6.45) is 0. The van der Waals surface area contributed by atoms with Gasteiger partial charge in [-0.1, -0.05) is 18.2 Å². The van der Waals surface area contributed by atoms with Gasteiger partial charge in [0, 0.05) is 10.9 Å². The van der Waals surface area contributed by atoms with E-state index >= 15 is 0 Å². The number of nitrogens with zero attached hydrogens (tertiary/aromatic N) is 1. The van der Waals surface area contributed by atoms with Crippen molar-refractivity contribution in [1.82, 2.24) is 4.98 Å². The van der Waals surface area contributed by atoms with E-state index in [1.54, 1.807) is 5.38 Å². The summed E-state index contributed by atoms with van der Waals surface area (Å²) in [6, 6.07) is 12.8. The lowest BCUT2D eigenvalue weighted by molar-refractivity contribution is 0.603. The highest BCUT2D eigenvalue weighted by atomic mass is 32.1. The first-order valence-corrected chi connectivity index (χ1v) is 7.08. The van der Waals surface area contributed by atoms with Gasteiger partial charge in [0.1, 0.15) is 11.6 Å². The second kappa shape index (κ2) is 5.88. The van der Waals surface area contributed by atoms with Gasteiger partial charge < -0.3 is 0 Å². The Morgan fingerprint density at radius 1 is 0.952 bits per heavy atom. The number of halogens is 2. The van der Waals surface area contributed by atoms with Crippen LogP contribution in [0.25, 0.3) is 11.3 Å². The fourth-order valence-electron chi connectivity index (χ4n) is 1.80. The SMILES string of the molecule is Fc1ccc(F)c(-c2csc(NNc3ccccc3)n2)c1. The minimum Gasteiger partial charge on any atom is -0.299 e. The molecule has 21 heavy (non-hydrogen) atoms. The van der Waals surface area contributed by atoms with E-state index in [1.165, 1.54) is 11.3 Å². The van der Waals surface area contributed by atoms with Gasteiger partial charge in [0.05, 0.1) is 11.4 Å². The number of aromatic nitrogens is 1. The van der Waals surface area contributed by atoms with E-state index < -0.39 is 11.6 Å². The van der Waals surface area contributed by atoms with E-state index in [2.05, 4.69) is 15.8 Å². The number of nitrogens with one attached hydrogen (secondary N) is 2. The van der Waals surface area contributed by atoms with Gasteiger partial charge in [-0.15, -0.1) is 11.3 Å². The molecule has 3 rings (SSSR count). The molecule has 0 aliphatic heterocycles. The van der Waals surface area contributed by atoms with Crippen molar-refractivity contribution in [2.45, 2.75) is 0 Å². The summed E-state index contributed by atoms with van der Waals surface area (Å²) in [5, 5.41) is 2.24. The molecule has 0 radical (unpaired) electrons. The summed E-state index contributed by atoms with van der Waals surface area (Å²) in [5.41, 5.74) is 7.34. The normalized spacial score (nSPS) is 10.4. The summed E-state index contributed by atoms with van der Waals surface area (Å²) in [7, 11) is 0. The fraction of sp³-hybridized carbons (Fsp3) is 0. The Hall–Kier alpha value is -2.47. The molecule has 0 saturated carbocycles. The minimum absolute atomic E-state index is 0.152. The maximum absolute atomic E-state index is 13.7. The van der Waals surface area contributed by atoms with Crippen molar-refractivity contribution in [2.24, 2.45) is 0 Å². The molecule has 2 N–H and O–H groups in total. The molecule has 0 spiro atoms. The molecular weight excluding hydrogens is 292 g/mol. The van der Waals surface area contributed by atoms with Gasteiger partial charge in [-0.25, -0.2) is 13.8 Å². The second-order valence-corrected chi connectivity index (χ2v) is 5.14. The third-order valence-electron chi connectivity index (χ3n) is 2.80. The Bertz CT molecular complexity index is 744. The molecule has 1 aromatic heterocycles. The predicted octanol–water partition coefficient (Wildman–Crippen LogP) is 4.53. The number of hydrogen-bond acceptors (Lipinski definition) is 4. The third kappa shape index (κ3) is 3.17. The van der Waals surface area contributed by atoms with Crippen LogP contribution in [0.3, 0.4) is 0 Å². The number of hydrogen-bond donors (Lipinski definition) is 2. The molecule has 1 heterocycles. The van der Waals surface area contributed by atoms with Crippen molar-refractivity contribution in [3.05, 3.63) is 65.5 Å². The van der Waals surface area contributed by atoms with Crippen LogP contribution in [0.5, 0.6) is 0 Å². The summed E-state index contributed by atoms with van der Waals surface area (Å²) in [5.74, 6) is -0.986. The van der Waals surface area contributed by atoms with Gasteiger partial charge in [-0.2, -0.15) is 0 Å². The van der Waals surface area contributed by atoms with Crippen molar-refractivity contribution < 1.29 is 8.78 Å². The van der Waals surface area contributed by atoms with Crippen LogP contribution in [0.2, 0.25) is 0 Å². The molecule has 3 aromatic rings. The first-order valence-electron chi connectivity index (χ1n) is 6.20. The quantitative estimate of drug-likeness (QED) is 0.695. The van der Waals surface area contributed by atoms with Gasteiger partial charge >= 0.3 is 0 Å². The topological polar surface area (TPSA) is 37.0 Å². The molecule has 0 aliphatic carbocycles. The van der Waals surface area contributed by atoms with Crippen LogP contribution in [-0.2, 0) is 0 Å². The van der Waals surface area contributed by atoms with Crippen molar-refractivity contribution in [2.75, 3.05) is 10.9 Å². The molecule has 0 bridgehead atoms. The van der Waals surface area contributed by atoms with E-state index in [0.29, 0.717) is 10.8 Å². The van der Waals surface area contributed by atoms with Gasteiger partial charge in [-0.05, 0) is 30.3 Å². The van der Waals surface area contributed by atoms with Crippen LogP contribution in [0, 0.1) is 11.6 Å². The smallest absolute Gasteiger partial charge is 0.202 e. The predicted molar refractivity (Wildman–Crippen MR) is 81.2 cm³/mol. The zero-order valence-electron chi connectivity index (χ0n) is 10.8. The largest absolute Gasteiger partial charge is 0.299 e. The number of para-hydroxylation sites is 1. The zero-order valence-corrected chi connectivity index (χ0v) is 11.6. The second-order valence-electron chi connectivity index (χ2n) is 4.28. The van der Waals surface area contributed by atoms with Crippen LogP contribution in [-0.4, -0.2) is 4.98 Å². The lowest BCUT2D eigenvalue weighted by Crippen LogP contribution is -2.07. The summed E-state index contributed by atoms with van der Waals surface area (Å²) in [6.45, 7) is 0. The van der Waals surface area contributed by atoms with Crippen molar-refractivity contribution >= 4 is 22.2 Å². The average Bonchev–Trinajstić information content (AvgIpc) is 2.97. The van der Waals surface area contributed by atoms with E-state index in [4.69, 9.17) is 0 Å². The third-order valence-corrected chi connectivity index (χ3v) is 3.55. The molecule has 0 aliphatic rings. The molecule has 2 aromatic carbocycles. The van der Waals surface area contributed by atoms with E-state index in [0.717, 1.165) is 23.9 Å². The van der Waals surface area contributed by atoms with Gasteiger partial charge in [0.15, 0.2) is 0 Å². The van der Waals surface area contributed by atoms with Crippen LogP contribution in [0.4, 0.5) is 19.6 Å². The number of anilines is 2. The van der Waals surface area contributed by atoms with Crippen molar-refractivity contribution in [3.8, 4) is 11.3 Å². The van der Waals surface area contributed by atoms with Crippen LogP contribution >= 0.6 is 11.3 Å². The number of hydrazine groups is 1. The monoisotopic (exact) mass is 303 g/mol. The zero-order chi connectivity index (χ0) is 14.7. The molecule has 6 heteroatoms. The van der Waals surface area contributed by atoms with Gasteiger partial charge in [-0.3, -0.25) is 10.9 Å². The van der Waals surface area contributed by atoms with Crippen molar-refractivity contribution in [3.63, 3.8) is 0 Å². The highest BCUT2D eigenvalue weighted by Gasteiger charge is 2.10. The maximum atomic E-state index is 13.7. The first kappa shape index (κ1) is 13.5. The van der Waals surface area contributed by atoms with E-state index in [-0.39, 0.29) is 5.56 Å². The summed E-state index contributed by atoms with van der Waals surface area (Å²) < 4.78 is 26.9. The molecule has 0 unspecified atom stereocenters. The standard InChI is InChI=1S/C15H11F2N3S/c16-10-6-7-13(17)12(8-10)14-9-21-15(18-14)20-19-11-4-2-1-3-5-11/h1-9,19H,(H,18,20). The number of thiazole rings is 1. The first-order chi connectivity index (χ1) is 10.2. The lowest BCUT2D eigenvalue weighted by Gasteiger charge is -2.05. The Balaban J connectivity index is 1.76.